The molecule has 5 heteroatoms. The fourth-order valence-electron chi connectivity index (χ4n) is 1.32. The van der Waals surface area contributed by atoms with E-state index in [0.29, 0.717) is 28.1 Å². The predicted octanol–water partition coefficient (Wildman–Crippen LogP) is 3.12. The zero-order chi connectivity index (χ0) is 12.3. The summed E-state index contributed by atoms with van der Waals surface area (Å²) in [6.45, 7) is 0. The van der Waals surface area contributed by atoms with Crippen molar-refractivity contribution in [3.63, 3.8) is 0 Å². The van der Waals surface area contributed by atoms with E-state index in [1.807, 2.05) is 0 Å². The standard InChI is InChI=1S/C12H11ClN2O2/c1-16-11-7-8(14)4-5-10(11)17-12-9(13)3-2-6-15-12/h2-7H,14H2,1H3. The normalized spacial score (nSPS) is 10.0. The molecular weight excluding hydrogens is 240 g/mol. The molecule has 1 aromatic carbocycles. The highest BCUT2D eigenvalue weighted by Gasteiger charge is 2.09. The smallest absolute Gasteiger partial charge is 0.238 e. The molecule has 0 aliphatic rings. The number of rotatable bonds is 3. The van der Waals surface area contributed by atoms with Gasteiger partial charge in [0, 0.05) is 18.0 Å². The second kappa shape index (κ2) is 4.93. The van der Waals surface area contributed by atoms with Crippen LogP contribution in [0.15, 0.2) is 36.5 Å². The third kappa shape index (κ3) is 2.60. The Hall–Kier alpha value is -1.94. The maximum atomic E-state index is 5.95. The third-order valence-electron chi connectivity index (χ3n) is 2.12. The summed E-state index contributed by atoms with van der Waals surface area (Å²) in [5, 5.41) is 0.436. The van der Waals surface area contributed by atoms with Crippen molar-refractivity contribution in [1.29, 1.82) is 0 Å². The van der Waals surface area contributed by atoms with E-state index in [1.165, 1.54) is 0 Å². The lowest BCUT2D eigenvalue weighted by Crippen LogP contribution is -1.94. The summed E-state index contributed by atoms with van der Waals surface area (Å²) >= 11 is 5.95. The van der Waals surface area contributed by atoms with Gasteiger partial charge in [0.1, 0.15) is 5.02 Å². The maximum absolute atomic E-state index is 5.95. The molecule has 0 spiro atoms. The number of benzene rings is 1. The Morgan fingerprint density at radius 1 is 1.24 bits per heavy atom. The first kappa shape index (κ1) is 11.5. The molecule has 0 atom stereocenters. The van der Waals surface area contributed by atoms with Gasteiger partial charge in [-0.3, -0.25) is 0 Å². The number of ether oxygens (including phenoxy) is 2. The molecule has 2 aromatic rings. The molecule has 0 aliphatic heterocycles. The van der Waals surface area contributed by atoms with Gasteiger partial charge in [0.15, 0.2) is 11.5 Å². The van der Waals surface area contributed by atoms with Crippen LogP contribution >= 0.6 is 11.6 Å². The molecule has 4 nitrogen and oxygen atoms in total. The minimum atomic E-state index is 0.331. The van der Waals surface area contributed by atoms with Gasteiger partial charge in [-0.25, -0.2) is 4.98 Å². The van der Waals surface area contributed by atoms with Gasteiger partial charge in [0.2, 0.25) is 5.88 Å². The average Bonchev–Trinajstić information content (AvgIpc) is 2.34. The number of nitrogen functional groups attached to an aromatic ring is 1. The third-order valence-corrected chi connectivity index (χ3v) is 2.41. The molecule has 0 saturated heterocycles. The number of methoxy groups -OCH3 is 1. The SMILES string of the molecule is COc1cc(N)ccc1Oc1ncccc1Cl. The number of aromatic nitrogens is 1. The number of hydrogen-bond donors (Lipinski definition) is 1. The Kier molecular flexibility index (Phi) is 3.35. The lowest BCUT2D eigenvalue weighted by atomic mass is 10.3. The van der Waals surface area contributed by atoms with Crippen LogP contribution in [-0.2, 0) is 0 Å². The van der Waals surface area contributed by atoms with E-state index in [0.717, 1.165) is 0 Å². The number of halogens is 1. The molecule has 2 N–H and O–H groups in total. The minimum absolute atomic E-state index is 0.331. The summed E-state index contributed by atoms with van der Waals surface area (Å²) in [7, 11) is 1.54. The van der Waals surface area contributed by atoms with Gasteiger partial charge in [0.05, 0.1) is 7.11 Å². The van der Waals surface area contributed by atoms with Crippen LogP contribution in [0, 0.1) is 0 Å². The van der Waals surface area contributed by atoms with E-state index in [2.05, 4.69) is 4.98 Å². The van der Waals surface area contributed by atoms with Crippen LogP contribution in [0.5, 0.6) is 17.4 Å². The molecule has 1 aromatic heterocycles. The van der Waals surface area contributed by atoms with E-state index in [-0.39, 0.29) is 0 Å². The summed E-state index contributed by atoms with van der Waals surface area (Å²) < 4.78 is 10.7. The molecule has 88 valence electrons. The maximum Gasteiger partial charge on any atom is 0.238 e. The lowest BCUT2D eigenvalue weighted by Gasteiger charge is -2.10. The van der Waals surface area contributed by atoms with Crippen molar-refractivity contribution in [3.8, 4) is 17.4 Å². The molecule has 0 amide bonds. The number of nitrogens with two attached hydrogens (primary N) is 1. The first-order chi connectivity index (χ1) is 8.20. The monoisotopic (exact) mass is 250 g/mol. The van der Waals surface area contributed by atoms with Gasteiger partial charge >= 0.3 is 0 Å². The van der Waals surface area contributed by atoms with E-state index in [1.54, 1.807) is 43.6 Å². The fourth-order valence-corrected chi connectivity index (χ4v) is 1.48. The van der Waals surface area contributed by atoms with Crippen molar-refractivity contribution in [3.05, 3.63) is 41.6 Å². The highest BCUT2D eigenvalue weighted by atomic mass is 35.5. The number of pyridine rings is 1. The summed E-state index contributed by atoms with van der Waals surface area (Å²) in [4.78, 5) is 4.03. The second-order valence-corrected chi connectivity index (χ2v) is 3.71. The first-order valence-electron chi connectivity index (χ1n) is 4.92. The summed E-state index contributed by atoms with van der Waals surface area (Å²) in [6, 6.07) is 8.53. The van der Waals surface area contributed by atoms with E-state index >= 15 is 0 Å². The van der Waals surface area contributed by atoms with Crippen LogP contribution in [0.4, 0.5) is 5.69 Å². The molecule has 0 bridgehead atoms. The number of anilines is 1. The van der Waals surface area contributed by atoms with Gasteiger partial charge in [0.25, 0.3) is 0 Å². The summed E-state index contributed by atoms with van der Waals surface area (Å²) in [6.07, 6.45) is 1.60. The van der Waals surface area contributed by atoms with Crippen LogP contribution in [0.3, 0.4) is 0 Å². The molecule has 17 heavy (non-hydrogen) atoms. The van der Waals surface area contributed by atoms with Gasteiger partial charge in [-0.15, -0.1) is 0 Å². The zero-order valence-corrected chi connectivity index (χ0v) is 9.94. The van der Waals surface area contributed by atoms with Gasteiger partial charge in [-0.2, -0.15) is 0 Å². The van der Waals surface area contributed by atoms with E-state index in [4.69, 9.17) is 26.8 Å². The Labute approximate surface area is 104 Å². The molecule has 0 radical (unpaired) electrons. The largest absolute Gasteiger partial charge is 0.493 e. The van der Waals surface area contributed by atoms with Crippen molar-refractivity contribution >= 4 is 17.3 Å². The summed E-state index contributed by atoms with van der Waals surface area (Å²) in [5.41, 5.74) is 6.25. The highest BCUT2D eigenvalue weighted by Crippen LogP contribution is 2.34. The van der Waals surface area contributed by atoms with Crippen molar-refractivity contribution in [2.24, 2.45) is 0 Å². The van der Waals surface area contributed by atoms with Crippen molar-refractivity contribution in [2.45, 2.75) is 0 Å². The molecule has 1 heterocycles. The minimum Gasteiger partial charge on any atom is -0.493 e. The van der Waals surface area contributed by atoms with E-state index < -0.39 is 0 Å². The van der Waals surface area contributed by atoms with Crippen LogP contribution in [-0.4, -0.2) is 12.1 Å². The Bertz CT molecular complexity index is 532. The van der Waals surface area contributed by atoms with Crippen molar-refractivity contribution < 1.29 is 9.47 Å². The van der Waals surface area contributed by atoms with Crippen LogP contribution in [0.2, 0.25) is 5.02 Å². The topological polar surface area (TPSA) is 57.4 Å². The van der Waals surface area contributed by atoms with Crippen LogP contribution < -0.4 is 15.2 Å². The highest BCUT2D eigenvalue weighted by molar-refractivity contribution is 6.31. The van der Waals surface area contributed by atoms with Crippen molar-refractivity contribution in [2.75, 3.05) is 12.8 Å². The van der Waals surface area contributed by atoms with Gasteiger partial charge in [-0.05, 0) is 24.3 Å². The molecule has 0 fully saturated rings. The Morgan fingerprint density at radius 3 is 2.76 bits per heavy atom. The molecule has 0 saturated carbocycles. The van der Waals surface area contributed by atoms with Crippen molar-refractivity contribution in [1.82, 2.24) is 4.98 Å². The van der Waals surface area contributed by atoms with Gasteiger partial charge in [-0.1, -0.05) is 11.6 Å². The Balaban J connectivity index is 2.33. The molecule has 0 aliphatic carbocycles. The second-order valence-electron chi connectivity index (χ2n) is 3.30. The number of hydrogen-bond acceptors (Lipinski definition) is 4. The number of nitrogens with zero attached hydrogens (tertiary/aromatic N) is 1. The molecule has 2 rings (SSSR count). The molecule has 0 unspecified atom stereocenters. The quantitative estimate of drug-likeness (QED) is 0.851. The average molecular weight is 251 g/mol. The molecular formula is C12H11ClN2O2. The predicted molar refractivity (Wildman–Crippen MR) is 66.7 cm³/mol. The van der Waals surface area contributed by atoms with E-state index in [9.17, 15) is 0 Å². The summed E-state index contributed by atoms with van der Waals surface area (Å²) in [5.74, 6) is 1.38. The lowest BCUT2D eigenvalue weighted by molar-refractivity contribution is 0.374. The van der Waals surface area contributed by atoms with Gasteiger partial charge < -0.3 is 15.2 Å². The van der Waals surface area contributed by atoms with Crippen LogP contribution in [0.25, 0.3) is 0 Å². The Morgan fingerprint density at radius 2 is 2.06 bits per heavy atom. The van der Waals surface area contributed by atoms with Crippen LogP contribution in [0.1, 0.15) is 0 Å². The first-order valence-corrected chi connectivity index (χ1v) is 5.30. The zero-order valence-electron chi connectivity index (χ0n) is 9.18. The fraction of sp³-hybridized carbons (Fsp3) is 0.0833.